The Morgan fingerprint density at radius 2 is 2.05 bits per heavy atom. The highest BCUT2D eigenvalue weighted by molar-refractivity contribution is 6.34. The standard InChI is InChI=1S/C13H10Cl2FN3O/c14-11-7-10(12(15)19-18-11)13(20)17-5-4-8-2-1-3-9(16)6-8/h1-3,6-7H,4-5H2,(H,17,20). The first kappa shape index (κ1) is 14.7. The van der Waals surface area contributed by atoms with Crippen LogP contribution in [-0.2, 0) is 6.42 Å². The Bertz CT molecular complexity index is 637. The van der Waals surface area contributed by atoms with E-state index < -0.39 is 5.91 Å². The van der Waals surface area contributed by atoms with Crippen molar-refractivity contribution in [2.75, 3.05) is 6.54 Å². The smallest absolute Gasteiger partial charge is 0.254 e. The second-order valence-electron chi connectivity index (χ2n) is 4.01. The number of benzene rings is 1. The molecule has 0 unspecified atom stereocenters. The Labute approximate surface area is 124 Å². The van der Waals surface area contributed by atoms with E-state index in [4.69, 9.17) is 23.2 Å². The summed E-state index contributed by atoms with van der Waals surface area (Å²) in [7, 11) is 0. The van der Waals surface area contributed by atoms with E-state index in [-0.39, 0.29) is 21.7 Å². The molecule has 0 saturated heterocycles. The summed E-state index contributed by atoms with van der Waals surface area (Å²) in [5.41, 5.74) is 0.952. The van der Waals surface area contributed by atoms with Crippen LogP contribution in [0.15, 0.2) is 30.3 Å². The number of hydrogen-bond donors (Lipinski definition) is 1. The summed E-state index contributed by atoms with van der Waals surface area (Å²) < 4.78 is 13.0. The second kappa shape index (κ2) is 6.63. The molecule has 7 heteroatoms. The monoisotopic (exact) mass is 313 g/mol. The molecule has 0 atom stereocenters. The topological polar surface area (TPSA) is 54.9 Å². The molecule has 2 rings (SSSR count). The lowest BCUT2D eigenvalue weighted by Gasteiger charge is -2.06. The lowest BCUT2D eigenvalue weighted by Crippen LogP contribution is -2.26. The SMILES string of the molecule is O=C(NCCc1cccc(F)c1)c1cc(Cl)nnc1Cl. The van der Waals surface area contributed by atoms with E-state index in [0.717, 1.165) is 5.56 Å². The third kappa shape index (κ3) is 3.88. The van der Waals surface area contributed by atoms with Gasteiger partial charge in [-0.2, -0.15) is 0 Å². The van der Waals surface area contributed by atoms with Crippen molar-refractivity contribution in [1.29, 1.82) is 0 Å². The van der Waals surface area contributed by atoms with Gasteiger partial charge in [-0.05, 0) is 30.2 Å². The van der Waals surface area contributed by atoms with Gasteiger partial charge in [0.2, 0.25) is 0 Å². The van der Waals surface area contributed by atoms with Crippen LogP contribution in [0.5, 0.6) is 0 Å². The summed E-state index contributed by atoms with van der Waals surface area (Å²) in [5.74, 6) is -0.704. The number of halogens is 3. The normalized spacial score (nSPS) is 10.3. The maximum atomic E-state index is 13.0. The van der Waals surface area contributed by atoms with Gasteiger partial charge < -0.3 is 5.32 Å². The number of carbonyl (C=O) groups is 1. The summed E-state index contributed by atoms with van der Waals surface area (Å²) in [6.07, 6.45) is 0.507. The van der Waals surface area contributed by atoms with Crippen molar-refractivity contribution < 1.29 is 9.18 Å². The molecule has 1 N–H and O–H groups in total. The van der Waals surface area contributed by atoms with Crippen LogP contribution in [0.4, 0.5) is 4.39 Å². The first-order valence-electron chi connectivity index (χ1n) is 5.77. The predicted molar refractivity (Wildman–Crippen MR) is 74.5 cm³/mol. The molecule has 4 nitrogen and oxygen atoms in total. The zero-order valence-corrected chi connectivity index (χ0v) is 11.7. The van der Waals surface area contributed by atoms with Crippen LogP contribution in [0.2, 0.25) is 10.3 Å². The second-order valence-corrected chi connectivity index (χ2v) is 4.75. The molecule has 1 heterocycles. The highest BCUT2D eigenvalue weighted by atomic mass is 35.5. The molecule has 1 aromatic carbocycles. The molecule has 1 aromatic heterocycles. The molecule has 0 aliphatic carbocycles. The lowest BCUT2D eigenvalue weighted by molar-refractivity contribution is 0.0953. The number of aromatic nitrogens is 2. The van der Waals surface area contributed by atoms with Crippen molar-refractivity contribution in [3.63, 3.8) is 0 Å². The van der Waals surface area contributed by atoms with Gasteiger partial charge >= 0.3 is 0 Å². The summed E-state index contributed by atoms with van der Waals surface area (Å²) in [4.78, 5) is 11.9. The number of carbonyl (C=O) groups excluding carboxylic acids is 1. The molecule has 2 aromatic rings. The molecule has 0 saturated carbocycles. The first-order valence-corrected chi connectivity index (χ1v) is 6.53. The van der Waals surface area contributed by atoms with Crippen LogP contribution in [0.3, 0.4) is 0 Å². The van der Waals surface area contributed by atoms with Crippen LogP contribution in [0, 0.1) is 5.82 Å². The molecule has 0 spiro atoms. The van der Waals surface area contributed by atoms with Gasteiger partial charge in [0.15, 0.2) is 10.3 Å². The van der Waals surface area contributed by atoms with Gasteiger partial charge in [0.25, 0.3) is 5.91 Å². The van der Waals surface area contributed by atoms with Crippen molar-refractivity contribution in [2.45, 2.75) is 6.42 Å². The van der Waals surface area contributed by atoms with Crippen LogP contribution in [0.25, 0.3) is 0 Å². The average Bonchev–Trinajstić information content (AvgIpc) is 2.41. The predicted octanol–water partition coefficient (Wildman–Crippen LogP) is 2.90. The van der Waals surface area contributed by atoms with Gasteiger partial charge in [0.05, 0.1) is 5.56 Å². The minimum absolute atomic E-state index is 0.0161. The Kier molecular flexibility index (Phi) is 4.87. The quantitative estimate of drug-likeness (QED) is 0.944. The molecule has 0 bridgehead atoms. The van der Waals surface area contributed by atoms with Gasteiger partial charge in [-0.1, -0.05) is 35.3 Å². The molecular weight excluding hydrogens is 304 g/mol. The van der Waals surface area contributed by atoms with E-state index in [1.54, 1.807) is 12.1 Å². The van der Waals surface area contributed by atoms with Gasteiger partial charge in [0.1, 0.15) is 5.82 Å². The van der Waals surface area contributed by atoms with E-state index >= 15 is 0 Å². The fourth-order valence-corrected chi connectivity index (χ4v) is 1.95. The number of rotatable bonds is 4. The summed E-state index contributed by atoms with van der Waals surface area (Å²) in [6, 6.07) is 7.54. The Morgan fingerprint density at radius 3 is 2.80 bits per heavy atom. The average molecular weight is 314 g/mol. The number of nitrogens with zero attached hydrogens (tertiary/aromatic N) is 2. The van der Waals surface area contributed by atoms with Crippen molar-refractivity contribution in [1.82, 2.24) is 15.5 Å². The van der Waals surface area contributed by atoms with Crippen LogP contribution in [0.1, 0.15) is 15.9 Å². The van der Waals surface area contributed by atoms with Gasteiger partial charge in [-0.15, -0.1) is 10.2 Å². The highest BCUT2D eigenvalue weighted by Crippen LogP contribution is 2.15. The fraction of sp³-hybridized carbons (Fsp3) is 0.154. The number of nitrogens with one attached hydrogen (secondary N) is 1. The van der Waals surface area contributed by atoms with Crippen molar-refractivity contribution in [3.05, 3.63) is 57.6 Å². The maximum absolute atomic E-state index is 13.0. The molecule has 0 aliphatic heterocycles. The Morgan fingerprint density at radius 1 is 1.25 bits per heavy atom. The molecule has 104 valence electrons. The number of amides is 1. The first-order chi connectivity index (χ1) is 9.56. The fourth-order valence-electron chi connectivity index (χ4n) is 1.62. The van der Waals surface area contributed by atoms with Crippen molar-refractivity contribution in [3.8, 4) is 0 Å². The minimum atomic E-state index is -0.400. The highest BCUT2D eigenvalue weighted by Gasteiger charge is 2.12. The van der Waals surface area contributed by atoms with Gasteiger partial charge in [0, 0.05) is 6.54 Å². The van der Waals surface area contributed by atoms with Gasteiger partial charge in [-0.25, -0.2) is 4.39 Å². The summed E-state index contributed by atoms with van der Waals surface area (Å²) >= 11 is 11.4. The van der Waals surface area contributed by atoms with Gasteiger partial charge in [-0.3, -0.25) is 4.79 Å². The largest absolute Gasteiger partial charge is 0.352 e. The maximum Gasteiger partial charge on any atom is 0.254 e. The van der Waals surface area contributed by atoms with Crippen molar-refractivity contribution >= 4 is 29.1 Å². The third-order valence-corrected chi connectivity index (χ3v) is 3.02. The summed E-state index contributed by atoms with van der Waals surface area (Å²) in [5, 5.41) is 9.81. The van der Waals surface area contributed by atoms with Crippen LogP contribution in [-0.4, -0.2) is 22.6 Å². The summed E-state index contributed by atoms with van der Waals surface area (Å²) in [6.45, 7) is 0.346. The zero-order chi connectivity index (χ0) is 14.5. The Balaban J connectivity index is 1.94. The zero-order valence-electron chi connectivity index (χ0n) is 10.2. The Hall–Kier alpha value is -1.72. The van der Waals surface area contributed by atoms with E-state index in [1.165, 1.54) is 18.2 Å². The third-order valence-electron chi connectivity index (χ3n) is 2.55. The van der Waals surface area contributed by atoms with E-state index in [9.17, 15) is 9.18 Å². The molecule has 0 aliphatic rings. The molecule has 1 amide bonds. The molecule has 0 radical (unpaired) electrons. The lowest BCUT2D eigenvalue weighted by atomic mass is 10.1. The van der Waals surface area contributed by atoms with Crippen molar-refractivity contribution in [2.24, 2.45) is 0 Å². The van der Waals surface area contributed by atoms with E-state index in [1.807, 2.05) is 0 Å². The van der Waals surface area contributed by atoms with Crippen LogP contribution >= 0.6 is 23.2 Å². The molecule has 20 heavy (non-hydrogen) atoms. The molecular formula is C13H10Cl2FN3O. The minimum Gasteiger partial charge on any atom is -0.352 e. The molecule has 0 fully saturated rings. The van der Waals surface area contributed by atoms with E-state index in [0.29, 0.717) is 13.0 Å². The van der Waals surface area contributed by atoms with Crippen LogP contribution < -0.4 is 5.32 Å². The number of hydrogen-bond acceptors (Lipinski definition) is 3. The van der Waals surface area contributed by atoms with E-state index in [2.05, 4.69) is 15.5 Å².